The van der Waals surface area contributed by atoms with Crippen LogP contribution in [0.3, 0.4) is 0 Å². The first-order valence-electron chi connectivity index (χ1n) is 6.49. The second kappa shape index (κ2) is 7.16. The molecule has 0 amide bonds. The van der Waals surface area contributed by atoms with Crippen LogP contribution in [-0.2, 0) is 17.9 Å². The van der Waals surface area contributed by atoms with Crippen LogP contribution in [-0.4, -0.2) is 28.6 Å². The Morgan fingerprint density at radius 1 is 1.25 bits per heavy atom. The Bertz CT molecular complexity index is 557. The van der Waals surface area contributed by atoms with Crippen LogP contribution in [0.25, 0.3) is 0 Å². The highest BCUT2D eigenvalue weighted by Gasteiger charge is 2.05. The third-order valence-corrected chi connectivity index (χ3v) is 3.40. The summed E-state index contributed by atoms with van der Waals surface area (Å²) in [6, 6.07) is 1.87. The largest absolute Gasteiger partial charge is 0.374 e. The van der Waals surface area contributed by atoms with Crippen molar-refractivity contribution in [2.45, 2.75) is 27.0 Å². The fourth-order valence-electron chi connectivity index (χ4n) is 1.64. The Morgan fingerprint density at radius 3 is 2.70 bits per heavy atom. The van der Waals surface area contributed by atoms with Gasteiger partial charge in [-0.15, -0.1) is 11.3 Å². The molecule has 0 spiro atoms. The minimum absolute atomic E-state index is 0.413. The molecule has 0 bridgehead atoms. The zero-order chi connectivity index (χ0) is 14.4. The van der Waals surface area contributed by atoms with Gasteiger partial charge in [-0.2, -0.15) is 0 Å². The number of ether oxygens (including phenoxy) is 1. The minimum atomic E-state index is 0.413. The lowest BCUT2D eigenvalue weighted by atomic mass is 10.4. The van der Waals surface area contributed by atoms with E-state index in [4.69, 9.17) is 4.74 Å². The molecule has 6 nitrogen and oxygen atoms in total. The smallest absolute Gasteiger partial charge is 0.158 e. The molecule has 0 aliphatic carbocycles. The van der Waals surface area contributed by atoms with Crippen molar-refractivity contribution in [3.63, 3.8) is 0 Å². The predicted octanol–water partition coefficient (Wildman–Crippen LogP) is 2.43. The fraction of sp³-hybridized carbons (Fsp3) is 0.462. The van der Waals surface area contributed by atoms with Gasteiger partial charge < -0.3 is 15.4 Å². The van der Waals surface area contributed by atoms with Crippen molar-refractivity contribution in [3.05, 3.63) is 28.0 Å². The highest BCUT2D eigenvalue weighted by molar-refractivity contribution is 7.09. The van der Waals surface area contributed by atoms with Crippen LogP contribution in [0, 0.1) is 6.92 Å². The van der Waals surface area contributed by atoms with E-state index in [-0.39, 0.29) is 0 Å². The van der Waals surface area contributed by atoms with Crippen molar-refractivity contribution in [2.24, 2.45) is 0 Å². The Hall–Kier alpha value is -1.73. The van der Waals surface area contributed by atoms with Gasteiger partial charge in [-0.25, -0.2) is 15.0 Å². The molecule has 2 N–H and O–H groups in total. The number of hydrogen-bond donors (Lipinski definition) is 2. The summed E-state index contributed by atoms with van der Waals surface area (Å²) in [5, 5.41) is 9.40. The summed E-state index contributed by atoms with van der Waals surface area (Å²) in [5.41, 5.74) is 1.02. The van der Waals surface area contributed by atoms with Crippen LogP contribution in [0.2, 0.25) is 0 Å². The number of rotatable bonds is 7. The SMILES string of the molecule is CCOCc1nc(NC)cc(NCc2csc(C)n2)n1. The van der Waals surface area contributed by atoms with Crippen LogP contribution in [0.5, 0.6) is 0 Å². The minimum Gasteiger partial charge on any atom is -0.374 e. The molecule has 0 fully saturated rings. The van der Waals surface area contributed by atoms with Crippen molar-refractivity contribution in [1.29, 1.82) is 0 Å². The molecule has 0 saturated heterocycles. The lowest BCUT2D eigenvalue weighted by Gasteiger charge is -2.09. The summed E-state index contributed by atoms with van der Waals surface area (Å²) in [4.78, 5) is 13.2. The van der Waals surface area contributed by atoms with Gasteiger partial charge in [0.1, 0.15) is 18.2 Å². The standard InChI is InChI=1S/C13H19N5OS/c1-4-19-7-13-17-11(14-3)5-12(18-13)15-6-10-8-20-9(2)16-10/h5,8H,4,6-7H2,1-3H3,(H2,14,15,17,18). The molecule has 2 rings (SSSR count). The number of aromatic nitrogens is 3. The van der Waals surface area contributed by atoms with Crippen molar-refractivity contribution < 1.29 is 4.74 Å². The van der Waals surface area contributed by atoms with Crippen LogP contribution < -0.4 is 10.6 Å². The third kappa shape index (κ3) is 4.14. The zero-order valence-corrected chi connectivity index (χ0v) is 12.8. The molecular formula is C13H19N5OS. The first-order chi connectivity index (χ1) is 9.71. The topological polar surface area (TPSA) is 72.0 Å². The quantitative estimate of drug-likeness (QED) is 0.817. The fourth-order valence-corrected chi connectivity index (χ4v) is 2.26. The molecule has 0 saturated carbocycles. The molecule has 0 atom stereocenters. The molecule has 0 aromatic carbocycles. The summed E-state index contributed by atoms with van der Waals surface area (Å²) in [6.45, 7) is 5.66. The van der Waals surface area contributed by atoms with E-state index in [0.29, 0.717) is 25.6 Å². The Labute approximate surface area is 122 Å². The number of thiazole rings is 1. The van der Waals surface area contributed by atoms with E-state index in [9.17, 15) is 0 Å². The van der Waals surface area contributed by atoms with Gasteiger partial charge in [0.15, 0.2) is 5.82 Å². The van der Waals surface area contributed by atoms with E-state index < -0.39 is 0 Å². The number of hydrogen-bond acceptors (Lipinski definition) is 7. The van der Waals surface area contributed by atoms with Gasteiger partial charge in [0, 0.05) is 25.1 Å². The van der Waals surface area contributed by atoms with Crippen molar-refractivity contribution >= 4 is 23.0 Å². The highest BCUT2D eigenvalue weighted by Crippen LogP contribution is 2.14. The van der Waals surface area contributed by atoms with Crippen molar-refractivity contribution in [3.8, 4) is 0 Å². The van der Waals surface area contributed by atoms with Crippen molar-refractivity contribution in [1.82, 2.24) is 15.0 Å². The third-order valence-electron chi connectivity index (χ3n) is 2.58. The second-order valence-electron chi connectivity index (χ2n) is 4.15. The molecule has 0 unspecified atom stereocenters. The van der Waals surface area contributed by atoms with E-state index >= 15 is 0 Å². The first kappa shape index (κ1) is 14.7. The molecule has 2 heterocycles. The molecule has 20 heavy (non-hydrogen) atoms. The van der Waals surface area contributed by atoms with Crippen LogP contribution in [0.15, 0.2) is 11.4 Å². The Morgan fingerprint density at radius 2 is 2.05 bits per heavy atom. The predicted molar refractivity (Wildman–Crippen MR) is 81.1 cm³/mol. The molecule has 2 aromatic heterocycles. The maximum Gasteiger partial charge on any atom is 0.158 e. The van der Waals surface area contributed by atoms with E-state index in [2.05, 4.69) is 25.6 Å². The van der Waals surface area contributed by atoms with Gasteiger partial charge in [-0.1, -0.05) is 0 Å². The van der Waals surface area contributed by atoms with Gasteiger partial charge in [-0.05, 0) is 13.8 Å². The molecule has 0 aliphatic heterocycles. The van der Waals surface area contributed by atoms with Crippen molar-refractivity contribution in [2.75, 3.05) is 24.3 Å². The Kier molecular flexibility index (Phi) is 5.25. The maximum absolute atomic E-state index is 5.35. The lowest BCUT2D eigenvalue weighted by molar-refractivity contribution is 0.128. The summed E-state index contributed by atoms with van der Waals surface area (Å²) >= 11 is 1.65. The van der Waals surface area contributed by atoms with Crippen LogP contribution >= 0.6 is 11.3 Å². The van der Waals surface area contributed by atoms with Gasteiger partial charge in [0.25, 0.3) is 0 Å². The highest BCUT2D eigenvalue weighted by atomic mass is 32.1. The van der Waals surface area contributed by atoms with E-state index in [1.807, 2.05) is 32.3 Å². The summed E-state index contributed by atoms with van der Waals surface area (Å²) < 4.78 is 5.35. The number of nitrogens with one attached hydrogen (secondary N) is 2. The monoisotopic (exact) mass is 293 g/mol. The number of nitrogens with zero attached hydrogens (tertiary/aromatic N) is 3. The molecular weight excluding hydrogens is 274 g/mol. The average Bonchev–Trinajstić information content (AvgIpc) is 2.88. The molecule has 108 valence electrons. The number of aryl methyl sites for hydroxylation is 1. The summed E-state index contributed by atoms with van der Waals surface area (Å²) in [6.07, 6.45) is 0. The zero-order valence-electron chi connectivity index (χ0n) is 11.9. The first-order valence-corrected chi connectivity index (χ1v) is 7.37. The van der Waals surface area contributed by atoms with E-state index in [1.165, 1.54) is 0 Å². The summed E-state index contributed by atoms with van der Waals surface area (Å²) in [5.74, 6) is 2.20. The lowest BCUT2D eigenvalue weighted by Crippen LogP contribution is -2.08. The van der Waals surface area contributed by atoms with Gasteiger partial charge in [0.05, 0.1) is 17.2 Å². The van der Waals surface area contributed by atoms with Gasteiger partial charge >= 0.3 is 0 Å². The molecule has 2 aromatic rings. The van der Waals surface area contributed by atoms with Crippen LogP contribution in [0.1, 0.15) is 23.4 Å². The molecule has 0 radical (unpaired) electrons. The van der Waals surface area contributed by atoms with Gasteiger partial charge in [0.2, 0.25) is 0 Å². The Balaban J connectivity index is 2.05. The molecule has 7 heteroatoms. The normalized spacial score (nSPS) is 10.6. The van der Waals surface area contributed by atoms with E-state index in [0.717, 1.165) is 22.3 Å². The van der Waals surface area contributed by atoms with Gasteiger partial charge in [-0.3, -0.25) is 0 Å². The maximum atomic E-state index is 5.35. The average molecular weight is 293 g/mol. The number of anilines is 2. The second-order valence-corrected chi connectivity index (χ2v) is 5.22. The van der Waals surface area contributed by atoms with E-state index in [1.54, 1.807) is 11.3 Å². The van der Waals surface area contributed by atoms with Crippen LogP contribution in [0.4, 0.5) is 11.6 Å². The molecule has 0 aliphatic rings. The summed E-state index contributed by atoms with van der Waals surface area (Å²) in [7, 11) is 1.83.